The lowest BCUT2D eigenvalue weighted by Gasteiger charge is -2.30. The molecule has 0 radical (unpaired) electrons. The molecule has 2 N–H and O–H groups in total. The summed E-state index contributed by atoms with van der Waals surface area (Å²) >= 11 is 3.61. The van der Waals surface area contributed by atoms with Crippen LogP contribution in [0.15, 0.2) is 102 Å². The fraction of sp³-hybridized carbons (Fsp3) is 0.200. The molecule has 0 saturated carbocycles. The molecule has 2 atom stereocenters. The number of amides is 2. The van der Waals surface area contributed by atoms with E-state index in [1.165, 1.54) is 19.1 Å². The second-order valence-corrected chi connectivity index (χ2v) is 11.6. The van der Waals surface area contributed by atoms with Crippen LogP contribution in [0.5, 0.6) is 5.75 Å². The van der Waals surface area contributed by atoms with Crippen LogP contribution in [0.25, 0.3) is 5.70 Å². The van der Waals surface area contributed by atoms with Crippen LogP contribution in [0.4, 0.5) is 15.8 Å². The molecule has 1 aliphatic rings. The number of anilines is 2. The Hall–Kier alpha value is -4.43. The third-order valence-electron chi connectivity index (χ3n) is 7.30. The van der Waals surface area contributed by atoms with Crippen molar-refractivity contribution in [1.29, 1.82) is 0 Å². The van der Waals surface area contributed by atoms with Gasteiger partial charge in [0.2, 0.25) is 5.91 Å². The Bertz CT molecular complexity index is 1660. The number of nitrogens with one attached hydrogen (secondary N) is 2. The predicted molar refractivity (Wildman–Crippen MR) is 172 cm³/mol. The Morgan fingerprint density at radius 2 is 1.77 bits per heavy atom. The summed E-state index contributed by atoms with van der Waals surface area (Å²) in [4.78, 5) is 27.7. The third kappa shape index (κ3) is 7.32. The van der Waals surface area contributed by atoms with Gasteiger partial charge in [0.1, 0.15) is 18.2 Å². The minimum atomic E-state index is -0.294. The molecule has 5 rings (SSSR count). The molecule has 1 unspecified atom stereocenters. The molecule has 4 aromatic carbocycles. The number of benzene rings is 4. The average Bonchev–Trinajstić information content (AvgIpc) is 3.38. The zero-order valence-electron chi connectivity index (χ0n) is 24.2. The van der Waals surface area contributed by atoms with Gasteiger partial charge in [-0.1, -0.05) is 64.5 Å². The van der Waals surface area contributed by atoms with Crippen molar-refractivity contribution in [2.45, 2.75) is 45.9 Å². The summed E-state index contributed by atoms with van der Waals surface area (Å²) in [6, 6.07) is 27.1. The van der Waals surface area contributed by atoms with Gasteiger partial charge >= 0.3 is 0 Å². The molecular weight excluding hydrogens is 609 g/mol. The van der Waals surface area contributed by atoms with E-state index in [4.69, 9.17) is 4.74 Å². The van der Waals surface area contributed by atoms with E-state index in [-0.39, 0.29) is 36.3 Å². The molecule has 0 bridgehead atoms. The van der Waals surface area contributed by atoms with E-state index in [2.05, 4.69) is 44.5 Å². The van der Waals surface area contributed by atoms with Crippen molar-refractivity contribution in [2.75, 3.05) is 10.2 Å². The predicted octanol–water partition coefficient (Wildman–Crippen LogP) is 8.26. The fourth-order valence-corrected chi connectivity index (χ4v) is 5.55. The molecule has 43 heavy (non-hydrogen) atoms. The minimum Gasteiger partial charge on any atom is -0.488 e. The fourth-order valence-electron chi connectivity index (χ4n) is 5.19. The van der Waals surface area contributed by atoms with Crippen molar-refractivity contribution in [3.05, 3.63) is 130 Å². The van der Waals surface area contributed by atoms with Crippen molar-refractivity contribution >= 4 is 44.8 Å². The number of halogens is 2. The first kappa shape index (κ1) is 30.0. The molecule has 220 valence electrons. The highest BCUT2D eigenvalue weighted by atomic mass is 79.9. The highest BCUT2D eigenvalue weighted by Gasteiger charge is 2.28. The topological polar surface area (TPSA) is 70.7 Å². The van der Waals surface area contributed by atoms with Gasteiger partial charge < -0.3 is 20.3 Å². The van der Waals surface area contributed by atoms with Crippen molar-refractivity contribution in [1.82, 2.24) is 5.32 Å². The van der Waals surface area contributed by atoms with Gasteiger partial charge in [0.05, 0.1) is 6.04 Å². The number of rotatable bonds is 9. The SMILES string of the molecule is CC(=O)Nc1cc(C(=O)N[C@@H](C)c2ccccc2)cc(N2C(c3cc(Br)ccc3OCc3ccc(F)cc3)=CCC2C)c1. The molecule has 1 heterocycles. The van der Waals surface area contributed by atoms with Crippen LogP contribution in [-0.2, 0) is 11.4 Å². The lowest BCUT2D eigenvalue weighted by molar-refractivity contribution is -0.114. The molecule has 1 aliphatic heterocycles. The summed E-state index contributed by atoms with van der Waals surface area (Å²) in [5.41, 5.74) is 5.37. The van der Waals surface area contributed by atoms with E-state index < -0.39 is 0 Å². The van der Waals surface area contributed by atoms with Crippen molar-refractivity contribution in [2.24, 2.45) is 0 Å². The second kappa shape index (κ2) is 13.3. The molecule has 0 aliphatic carbocycles. The van der Waals surface area contributed by atoms with Gasteiger partial charge in [-0.15, -0.1) is 0 Å². The molecule has 0 saturated heterocycles. The number of carbonyl (C=O) groups is 2. The second-order valence-electron chi connectivity index (χ2n) is 10.7. The van der Waals surface area contributed by atoms with Crippen LogP contribution in [-0.4, -0.2) is 17.9 Å². The first-order valence-corrected chi connectivity index (χ1v) is 14.9. The van der Waals surface area contributed by atoms with Crippen molar-refractivity contribution < 1.29 is 18.7 Å². The summed E-state index contributed by atoms with van der Waals surface area (Å²) in [5.74, 6) is -0.0914. The highest BCUT2D eigenvalue weighted by Crippen LogP contribution is 2.41. The van der Waals surface area contributed by atoms with E-state index >= 15 is 0 Å². The lowest BCUT2D eigenvalue weighted by Crippen LogP contribution is -2.29. The molecule has 0 fully saturated rings. The lowest BCUT2D eigenvalue weighted by atomic mass is 10.1. The normalized spacial score (nSPS) is 15.0. The Morgan fingerprint density at radius 1 is 1.02 bits per heavy atom. The summed E-state index contributed by atoms with van der Waals surface area (Å²) in [6.07, 6.45) is 2.93. The van der Waals surface area contributed by atoms with Gasteiger partial charge in [-0.05, 0) is 79.9 Å². The quantitative estimate of drug-likeness (QED) is 0.193. The van der Waals surface area contributed by atoms with Crippen LogP contribution >= 0.6 is 15.9 Å². The summed E-state index contributed by atoms with van der Waals surface area (Å²) in [6.45, 7) is 5.78. The first-order valence-electron chi connectivity index (χ1n) is 14.1. The maximum absolute atomic E-state index is 13.5. The Kier molecular flexibility index (Phi) is 9.26. The van der Waals surface area contributed by atoms with E-state index in [9.17, 15) is 14.0 Å². The van der Waals surface area contributed by atoms with E-state index in [1.54, 1.807) is 18.2 Å². The van der Waals surface area contributed by atoms with Gasteiger partial charge in [-0.25, -0.2) is 4.39 Å². The van der Waals surface area contributed by atoms with Gasteiger partial charge in [-0.3, -0.25) is 9.59 Å². The van der Waals surface area contributed by atoms with Crippen molar-refractivity contribution in [3.63, 3.8) is 0 Å². The summed E-state index contributed by atoms with van der Waals surface area (Å²) in [7, 11) is 0. The average molecular weight is 643 g/mol. The maximum atomic E-state index is 13.5. The van der Waals surface area contributed by atoms with E-state index in [1.807, 2.05) is 67.6 Å². The Balaban J connectivity index is 1.48. The molecule has 6 nitrogen and oxygen atoms in total. The molecule has 4 aromatic rings. The molecule has 0 aromatic heterocycles. The smallest absolute Gasteiger partial charge is 0.251 e. The van der Waals surface area contributed by atoms with Gasteiger partial charge in [0.15, 0.2) is 0 Å². The maximum Gasteiger partial charge on any atom is 0.251 e. The largest absolute Gasteiger partial charge is 0.488 e. The van der Waals surface area contributed by atoms with E-state index in [0.717, 1.165) is 39.0 Å². The van der Waals surface area contributed by atoms with Gasteiger partial charge in [0.25, 0.3) is 5.91 Å². The number of ether oxygens (including phenoxy) is 1. The zero-order valence-corrected chi connectivity index (χ0v) is 25.8. The van der Waals surface area contributed by atoms with E-state index in [0.29, 0.717) is 17.0 Å². The number of hydrogen-bond acceptors (Lipinski definition) is 4. The van der Waals surface area contributed by atoms with Crippen LogP contribution in [0.1, 0.15) is 60.3 Å². The first-order chi connectivity index (χ1) is 20.7. The minimum absolute atomic E-state index is 0.0747. The Labute approximate surface area is 259 Å². The number of nitrogens with zero attached hydrogens (tertiary/aromatic N) is 1. The van der Waals surface area contributed by atoms with Gasteiger partial charge in [-0.2, -0.15) is 0 Å². The van der Waals surface area contributed by atoms with Gasteiger partial charge in [0, 0.05) is 45.6 Å². The molecule has 8 heteroatoms. The third-order valence-corrected chi connectivity index (χ3v) is 7.80. The summed E-state index contributed by atoms with van der Waals surface area (Å²) in [5, 5.41) is 5.94. The van der Waals surface area contributed by atoms with Crippen LogP contribution in [0, 0.1) is 5.82 Å². The zero-order chi connectivity index (χ0) is 30.5. The van der Waals surface area contributed by atoms with Crippen LogP contribution in [0.3, 0.4) is 0 Å². The molecule has 0 spiro atoms. The molecular formula is C35H33BrFN3O3. The Morgan fingerprint density at radius 3 is 2.49 bits per heavy atom. The highest BCUT2D eigenvalue weighted by molar-refractivity contribution is 9.10. The summed E-state index contributed by atoms with van der Waals surface area (Å²) < 4.78 is 20.5. The standard InChI is InChI=1S/C35H33BrFN3O3/c1-22-9-15-33(32-19-28(36)12-16-34(32)43-21-25-10-13-29(37)14-11-25)40(22)31-18-27(17-30(20-31)39-24(3)41)35(42)38-23(2)26-7-5-4-6-8-26/h4-8,10-20,22-23H,9,21H2,1-3H3,(H,38,42)(H,39,41)/t22?,23-/m0/s1. The van der Waals surface area contributed by atoms with Crippen molar-refractivity contribution in [3.8, 4) is 5.75 Å². The monoisotopic (exact) mass is 641 g/mol. The molecule has 2 amide bonds. The van der Waals surface area contributed by atoms with Crippen LogP contribution in [0.2, 0.25) is 0 Å². The number of carbonyl (C=O) groups excluding carboxylic acids is 2. The number of hydrogen-bond donors (Lipinski definition) is 2. The van der Waals surface area contributed by atoms with Crippen LogP contribution < -0.4 is 20.3 Å².